The third kappa shape index (κ3) is 3.56. The van der Waals surface area contributed by atoms with Crippen molar-refractivity contribution in [1.29, 1.82) is 0 Å². The molecule has 0 heterocycles. The van der Waals surface area contributed by atoms with Crippen LogP contribution in [0.15, 0.2) is 37.5 Å². The van der Waals surface area contributed by atoms with Crippen molar-refractivity contribution < 1.29 is 0 Å². The van der Waals surface area contributed by atoms with Crippen LogP contribution in [0.1, 0.15) is 32.6 Å². The molecule has 2 aliphatic rings. The Hall–Kier alpha value is -0.780. The molecule has 0 nitrogen and oxygen atoms in total. The van der Waals surface area contributed by atoms with Crippen molar-refractivity contribution in [2.75, 3.05) is 0 Å². The SMILES string of the molecule is C1=C2CCC(C1)C2.C=C.C=CC. The maximum Gasteiger partial charge on any atom is -0.0289 e. The first-order valence-electron chi connectivity index (χ1n) is 4.61. The molecule has 0 aliphatic heterocycles. The van der Waals surface area contributed by atoms with Gasteiger partial charge in [0.2, 0.25) is 0 Å². The van der Waals surface area contributed by atoms with Gasteiger partial charge in [-0.15, -0.1) is 19.7 Å². The molecule has 0 radical (unpaired) electrons. The number of hydrogen-bond acceptors (Lipinski definition) is 0. The van der Waals surface area contributed by atoms with E-state index in [1.54, 1.807) is 11.6 Å². The molecule has 0 N–H and O–H groups in total. The van der Waals surface area contributed by atoms with Crippen molar-refractivity contribution in [2.45, 2.75) is 32.6 Å². The number of fused-ring (bicyclic) bond motifs is 2. The summed E-state index contributed by atoms with van der Waals surface area (Å²) in [4.78, 5) is 0. The Morgan fingerprint density at radius 3 is 2.17 bits per heavy atom. The molecule has 1 fully saturated rings. The van der Waals surface area contributed by atoms with Crippen LogP contribution in [0.2, 0.25) is 0 Å². The first kappa shape index (κ1) is 11.2. The maximum absolute atomic E-state index is 3.36. The van der Waals surface area contributed by atoms with E-state index in [4.69, 9.17) is 0 Å². The minimum absolute atomic E-state index is 1.08. The van der Waals surface area contributed by atoms with Gasteiger partial charge in [-0.3, -0.25) is 0 Å². The van der Waals surface area contributed by atoms with E-state index in [0.29, 0.717) is 0 Å². The van der Waals surface area contributed by atoms with Crippen molar-refractivity contribution >= 4 is 0 Å². The summed E-state index contributed by atoms with van der Waals surface area (Å²) in [6, 6.07) is 0. The highest BCUT2D eigenvalue weighted by atomic mass is 14.3. The molecule has 0 amide bonds. The van der Waals surface area contributed by atoms with Gasteiger partial charge < -0.3 is 0 Å². The zero-order chi connectivity index (χ0) is 9.40. The van der Waals surface area contributed by atoms with E-state index in [2.05, 4.69) is 25.8 Å². The van der Waals surface area contributed by atoms with Gasteiger partial charge in [0.15, 0.2) is 0 Å². The standard InChI is InChI=1S/C7H10.C3H6.C2H4/c1-2-7-4-3-6(1)5-7;1-3-2;1-2/h1,7H,2-5H2;3H,1H2,2H3;1-2H2. The van der Waals surface area contributed by atoms with E-state index in [1.807, 2.05) is 6.92 Å². The highest BCUT2D eigenvalue weighted by molar-refractivity contribution is 5.15. The molecule has 1 saturated carbocycles. The Labute approximate surface area is 76.7 Å². The van der Waals surface area contributed by atoms with Crippen molar-refractivity contribution in [2.24, 2.45) is 5.92 Å². The van der Waals surface area contributed by atoms with Crippen LogP contribution in [0.3, 0.4) is 0 Å². The highest BCUT2D eigenvalue weighted by Crippen LogP contribution is 2.38. The fourth-order valence-electron chi connectivity index (χ4n) is 1.68. The predicted octanol–water partition coefficient (Wildman–Crippen LogP) is 4.11. The predicted molar refractivity (Wildman–Crippen MR) is 57.2 cm³/mol. The van der Waals surface area contributed by atoms with Crippen molar-refractivity contribution in [1.82, 2.24) is 0 Å². The summed E-state index contributed by atoms with van der Waals surface area (Å²) >= 11 is 0. The van der Waals surface area contributed by atoms with Crippen LogP contribution < -0.4 is 0 Å². The Morgan fingerprint density at radius 2 is 2.08 bits per heavy atom. The summed E-state index contributed by atoms with van der Waals surface area (Å²) in [5.41, 5.74) is 1.74. The normalized spacial score (nSPS) is 22.8. The second kappa shape index (κ2) is 6.90. The van der Waals surface area contributed by atoms with Crippen LogP contribution in [0.25, 0.3) is 0 Å². The van der Waals surface area contributed by atoms with Crippen molar-refractivity contribution in [3.63, 3.8) is 0 Å². The molecule has 0 aromatic heterocycles. The van der Waals surface area contributed by atoms with Crippen LogP contribution >= 0.6 is 0 Å². The summed E-state index contributed by atoms with van der Waals surface area (Å²) in [6.07, 6.45) is 9.93. The Bertz CT molecular complexity index is 153. The third-order valence-electron chi connectivity index (χ3n) is 2.16. The summed E-state index contributed by atoms with van der Waals surface area (Å²) in [5.74, 6) is 1.08. The molecule has 0 aromatic carbocycles. The monoisotopic (exact) mass is 164 g/mol. The summed E-state index contributed by atoms with van der Waals surface area (Å²) in [6.45, 7) is 11.2. The molecular weight excluding hydrogens is 144 g/mol. The molecule has 2 aliphatic carbocycles. The molecule has 0 spiro atoms. The molecule has 1 unspecified atom stereocenters. The molecule has 12 heavy (non-hydrogen) atoms. The lowest BCUT2D eigenvalue weighted by Gasteiger charge is -1.98. The van der Waals surface area contributed by atoms with Gasteiger partial charge in [0, 0.05) is 0 Å². The molecule has 1 atom stereocenters. The zero-order valence-electron chi connectivity index (χ0n) is 8.18. The fourth-order valence-corrected chi connectivity index (χ4v) is 1.68. The highest BCUT2D eigenvalue weighted by Gasteiger charge is 2.22. The van der Waals surface area contributed by atoms with Crippen LogP contribution in [0.5, 0.6) is 0 Å². The maximum atomic E-state index is 3.36. The van der Waals surface area contributed by atoms with Crippen molar-refractivity contribution in [3.05, 3.63) is 37.5 Å². The average molecular weight is 164 g/mol. The number of allylic oxidation sites excluding steroid dienone is 3. The first-order valence-corrected chi connectivity index (χ1v) is 4.61. The summed E-state index contributed by atoms with van der Waals surface area (Å²) < 4.78 is 0. The molecule has 2 bridgehead atoms. The van der Waals surface area contributed by atoms with Gasteiger partial charge in [0.05, 0.1) is 0 Å². The van der Waals surface area contributed by atoms with Crippen LogP contribution in [-0.4, -0.2) is 0 Å². The minimum atomic E-state index is 1.08. The second-order valence-electron chi connectivity index (χ2n) is 3.12. The van der Waals surface area contributed by atoms with E-state index in [1.165, 1.54) is 25.7 Å². The first-order chi connectivity index (χ1) is 5.86. The van der Waals surface area contributed by atoms with Crippen LogP contribution in [-0.2, 0) is 0 Å². The average Bonchev–Trinajstić information content (AvgIpc) is 2.72. The number of rotatable bonds is 0. The van der Waals surface area contributed by atoms with Crippen molar-refractivity contribution in [3.8, 4) is 0 Å². The number of hydrogen-bond donors (Lipinski definition) is 0. The Balaban J connectivity index is 0.000000211. The van der Waals surface area contributed by atoms with Gasteiger partial charge in [-0.1, -0.05) is 17.7 Å². The van der Waals surface area contributed by atoms with Gasteiger partial charge in [0.1, 0.15) is 0 Å². The third-order valence-corrected chi connectivity index (χ3v) is 2.16. The summed E-state index contributed by atoms with van der Waals surface area (Å²) in [7, 11) is 0. The molecule has 0 aromatic rings. The summed E-state index contributed by atoms with van der Waals surface area (Å²) in [5, 5.41) is 0. The van der Waals surface area contributed by atoms with E-state index < -0.39 is 0 Å². The molecular formula is C12H20. The lowest BCUT2D eigenvalue weighted by Crippen LogP contribution is -1.85. The van der Waals surface area contributed by atoms with Gasteiger partial charge >= 0.3 is 0 Å². The smallest absolute Gasteiger partial charge is 0.0289 e. The second-order valence-corrected chi connectivity index (χ2v) is 3.12. The zero-order valence-corrected chi connectivity index (χ0v) is 8.18. The minimum Gasteiger partial charge on any atom is -0.106 e. The van der Waals surface area contributed by atoms with Gasteiger partial charge in [0.25, 0.3) is 0 Å². The van der Waals surface area contributed by atoms with Gasteiger partial charge in [-0.05, 0) is 38.5 Å². The topological polar surface area (TPSA) is 0 Å². The van der Waals surface area contributed by atoms with E-state index in [-0.39, 0.29) is 0 Å². The lowest BCUT2D eigenvalue weighted by atomic mass is 10.1. The van der Waals surface area contributed by atoms with E-state index in [9.17, 15) is 0 Å². The molecule has 0 saturated heterocycles. The van der Waals surface area contributed by atoms with E-state index >= 15 is 0 Å². The van der Waals surface area contributed by atoms with Gasteiger partial charge in [-0.2, -0.15) is 0 Å². The fraction of sp³-hybridized carbons (Fsp3) is 0.500. The van der Waals surface area contributed by atoms with Crippen LogP contribution in [0.4, 0.5) is 0 Å². The molecule has 2 rings (SSSR count). The molecule has 0 heteroatoms. The Kier molecular flexibility index (Phi) is 6.45. The Morgan fingerprint density at radius 1 is 1.50 bits per heavy atom. The van der Waals surface area contributed by atoms with Gasteiger partial charge in [-0.25, -0.2) is 0 Å². The lowest BCUT2D eigenvalue weighted by molar-refractivity contribution is 0.576. The van der Waals surface area contributed by atoms with Crippen LogP contribution in [0, 0.1) is 5.92 Å². The largest absolute Gasteiger partial charge is 0.106 e. The van der Waals surface area contributed by atoms with E-state index in [0.717, 1.165) is 5.92 Å². The quantitative estimate of drug-likeness (QED) is 0.473. The molecule has 68 valence electrons.